The molecule has 40 heavy (non-hydrogen) atoms. The van der Waals surface area contributed by atoms with Gasteiger partial charge in [0.15, 0.2) is 5.78 Å². The van der Waals surface area contributed by atoms with Gasteiger partial charge in [0.2, 0.25) is 17.7 Å². The maximum Gasteiger partial charge on any atom is 0.247 e. The van der Waals surface area contributed by atoms with E-state index in [2.05, 4.69) is 10.6 Å². The van der Waals surface area contributed by atoms with Crippen molar-refractivity contribution in [2.24, 2.45) is 5.73 Å². The molecule has 0 saturated carbocycles. The number of nitrogens with two attached hydrogens (primary N) is 1. The molecule has 0 fully saturated rings. The average Bonchev–Trinajstić information content (AvgIpc) is 2.97. The van der Waals surface area contributed by atoms with Gasteiger partial charge in [-0.05, 0) is 55.1 Å². The average molecular weight is 541 g/mol. The Balaban J connectivity index is 1.50. The minimum Gasteiger partial charge on any atom is -0.342 e. The second-order valence-electron chi connectivity index (χ2n) is 10.2. The number of anilines is 1. The highest BCUT2D eigenvalue weighted by Crippen LogP contribution is 2.25. The van der Waals surface area contributed by atoms with E-state index in [0.717, 1.165) is 22.3 Å². The van der Waals surface area contributed by atoms with Crippen LogP contribution in [0.25, 0.3) is 0 Å². The highest BCUT2D eigenvalue weighted by molar-refractivity contribution is 6.00. The third kappa shape index (κ3) is 6.82. The van der Waals surface area contributed by atoms with Gasteiger partial charge in [-0.15, -0.1) is 0 Å². The Kier molecular flexibility index (Phi) is 9.45. The van der Waals surface area contributed by atoms with Crippen molar-refractivity contribution < 1.29 is 19.2 Å². The van der Waals surface area contributed by atoms with Crippen LogP contribution in [0.4, 0.5) is 5.69 Å². The Morgan fingerprint density at radius 2 is 1.60 bits per heavy atom. The van der Waals surface area contributed by atoms with E-state index in [4.69, 9.17) is 5.73 Å². The first-order valence-corrected chi connectivity index (χ1v) is 13.6. The van der Waals surface area contributed by atoms with Crippen LogP contribution in [0.3, 0.4) is 0 Å². The zero-order chi connectivity index (χ0) is 28.6. The van der Waals surface area contributed by atoms with E-state index in [-0.39, 0.29) is 49.9 Å². The van der Waals surface area contributed by atoms with Crippen molar-refractivity contribution in [3.63, 3.8) is 0 Å². The van der Waals surface area contributed by atoms with Gasteiger partial charge in [-0.25, -0.2) is 0 Å². The van der Waals surface area contributed by atoms with Crippen LogP contribution in [0.5, 0.6) is 0 Å². The summed E-state index contributed by atoms with van der Waals surface area (Å²) < 4.78 is 0. The van der Waals surface area contributed by atoms with Crippen molar-refractivity contribution in [2.45, 2.75) is 58.2 Å². The van der Waals surface area contributed by atoms with E-state index < -0.39 is 18.0 Å². The highest BCUT2D eigenvalue weighted by atomic mass is 16.2. The fourth-order valence-corrected chi connectivity index (χ4v) is 4.96. The quantitative estimate of drug-likeness (QED) is 0.339. The van der Waals surface area contributed by atoms with Crippen molar-refractivity contribution in [3.8, 4) is 0 Å². The molecule has 1 aliphatic heterocycles. The molecule has 3 amide bonds. The topological polar surface area (TPSA) is 122 Å². The van der Waals surface area contributed by atoms with Crippen molar-refractivity contribution in [3.05, 3.63) is 101 Å². The molecule has 3 aromatic carbocycles. The molecular weight excluding hydrogens is 504 g/mol. The Hall–Kier alpha value is -4.30. The SMILES string of the molecule is Cc1cccc(NC(=O)[C@H](CCN)NC(=O)[C@@H]2Cc3ccccc3CN2C(=O)CCC(=O)c2ccccc2)c1C. The van der Waals surface area contributed by atoms with Gasteiger partial charge in [0.25, 0.3) is 0 Å². The predicted molar refractivity (Wildman–Crippen MR) is 155 cm³/mol. The number of Topliss-reactive ketones (excluding diaryl/α,β-unsaturated/α-hetero) is 1. The molecule has 0 unspecified atom stereocenters. The monoisotopic (exact) mass is 540 g/mol. The van der Waals surface area contributed by atoms with E-state index in [1.165, 1.54) is 4.90 Å². The summed E-state index contributed by atoms with van der Waals surface area (Å²) in [5.41, 5.74) is 10.9. The molecule has 0 spiro atoms. The lowest BCUT2D eigenvalue weighted by Crippen LogP contribution is -2.56. The van der Waals surface area contributed by atoms with Crippen molar-refractivity contribution in [1.82, 2.24) is 10.2 Å². The Morgan fingerprint density at radius 3 is 2.33 bits per heavy atom. The Morgan fingerprint density at radius 1 is 0.900 bits per heavy atom. The molecule has 0 bridgehead atoms. The molecule has 208 valence electrons. The normalized spacial score (nSPS) is 15.1. The molecule has 4 N–H and O–H groups in total. The zero-order valence-electron chi connectivity index (χ0n) is 23.0. The second-order valence-corrected chi connectivity index (χ2v) is 10.2. The van der Waals surface area contributed by atoms with E-state index in [9.17, 15) is 19.2 Å². The van der Waals surface area contributed by atoms with Crippen LogP contribution in [0.15, 0.2) is 72.8 Å². The predicted octanol–water partition coefficient (Wildman–Crippen LogP) is 3.69. The summed E-state index contributed by atoms with van der Waals surface area (Å²) in [6.45, 7) is 4.34. The van der Waals surface area contributed by atoms with Crippen molar-refractivity contribution in [1.29, 1.82) is 0 Å². The van der Waals surface area contributed by atoms with Crippen molar-refractivity contribution in [2.75, 3.05) is 11.9 Å². The van der Waals surface area contributed by atoms with E-state index in [1.54, 1.807) is 24.3 Å². The van der Waals surface area contributed by atoms with Gasteiger partial charge in [0.1, 0.15) is 12.1 Å². The number of rotatable bonds is 10. The van der Waals surface area contributed by atoms with Gasteiger partial charge in [-0.2, -0.15) is 0 Å². The molecule has 1 heterocycles. The summed E-state index contributed by atoms with van der Waals surface area (Å²) in [5, 5.41) is 5.77. The molecule has 1 aliphatic rings. The summed E-state index contributed by atoms with van der Waals surface area (Å²) in [7, 11) is 0. The third-order valence-corrected chi connectivity index (χ3v) is 7.48. The summed E-state index contributed by atoms with van der Waals surface area (Å²) in [6, 6.07) is 20.5. The summed E-state index contributed by atoms with van der Waals surface area (Å²) in [5.74, 6) is -1.20. The number of aryl methyl sites for hydroxylation is 1. The number of nitrogens with zero attached hydrogens (tertiary/aromatic N) is 1. The maximum absolute atomic E-state index is 13.7. The molecule has 0 saturated heterocycles. The Labute approximate surface area is 234 Å². The van der Waals surface area contributed by atoms with Crippen LogP contribution in [0.2, 0.25) is 0 Å². The largest absolute Gasteiger partial charge is 0.342 e. The molecular formula is C32H36N4O4. The molecule has 8 nitrogen and oxygen atoms in total. The van der Waals surface area contributed by atoms with Crippen LogP contribution in [-0.2, 0) is 27.3 Å². The number of carbonyl (C=O) groups excluding carboxylic acids is 4. The molecule has 0 radical (unpaired) electrons. The van der Waals surface area contributed by atoms with Crippen LogP contribution < -0.4 is 16.4 Å². The number of fused-ring (bicyclic) bond motifs is 1. The van der Waals surface area contributed by atoms with Crippen LogP contribution in [0, 0.1) is 13.8 Å². The number of amides is 3. The number of ketones is 1. The summed E-state index contributed by atoms with van der Waals surface area (Å²) >= 11 is 0. The Bertz CT molecular complexity index is 1390. The van der Waals surface area contributed by atoms with Crippen LogP contribution >= 0.6 is 0 Å². The third-order valence-electron chi connectivity index (χ3n) is 7.48. The van der Waals surface area contributed by atoms with Gasteiger partial charge in [-0.1, -0.05) is 66.7 Å². The zero-order valence-corrected chi connectivity index (χ0v) is 23.0. The summed E-state index contributed by atoms with van der Waals surface area (Å²) in [6.07, 6.45) is 0.585. The van der Waals surface area contributed by atoms with E-state index >= 15 is 0 Å². The fraction of sp³-hybridized carbons (Fsp3) is 0.312. The highest BCUT2D eigenvalue weighted by Gasteiger charge is 2.36. The van der Waals surface area contributed by atoms with Crippen LogP contribution in [-0.4, -0.2) is 47.0 Å². The minimum absolute atomic E-state index is 0.0149. The number of carbonyl (C=O) groups is 4. The first kappa shape index (κ1) is 28.7. The number of hydrogen-bond acceptors (Lipinski definition) is 5. The second kappa shape index (κ2) is 13.2. The minimum atomic E-state index is -0.869. The first-order chi connectivity index (χ1) is 19.3. The van der Waals surface area contributed by atoms with Gasteiger partial charge in [0, 0.05) is 37.1 Å². The van der Waals surface area contributed by atoms with Gasteiger partial charge in [-0.3, -0.25) is 19.2 Å². The molecule has 8 heteroatoms. The van der Waals surface area contributed by atoms with Crippen molar-refractivity contribution >= 4 is 29.2 Å². The molecule has 3 aromatic rings. The lowest BCUT2D eigenvalue weighted by molar-refractivity contribution is -0.142. The van der Waals surface area contributed by atoms with Gasteiger partial charge < -0.3 is 21.3 Å². The van der Waals surface area contributed by atoms with Gasteiger partial charge >= 0.3 is 0 Å². The molecule has 0 aromatic heterocycles. The maximum atomic E-state index is 13.7. The fourth-order valence-electron chi connectivity index (χ4n) is 4.96. The number of nitrogens with one attached hydrogen (secondary N) is 2. The lowest BCUT2D eigenvalue weighted by Gasteiger charge is -2.36. The first-order valence-electron chi connectivity index (χ1n) is 13.6. The lowest BCUT2D eigenvalue weighted by atomic mass is 9.92. The van der Waals surface area contributed by atoms with E-state index in [0.29, 0.717) is 17.7 Å². The van der Waals surface area contributed by atoms with Crippen LogP contribution in [0.1, 0.15) is 51.9 Å². The number of hydrogen-bond donors (Lipinski definition) is 3. The standard InChI is InChI=1S/C32H36N4O4/c1-21-9-8-14-26(22(21)2)34-31(39)27(17-18-33)35-32(40)28-19-24-12-6-7-13-25(24)20-36(28)30(38)16-15-29(37)23-10-4-3-5-11-23/h3-14,27-28H,15-20,33H2,1-2H3,(H,34,39)(H,35,40)/t27-,28-/m0/s1. The molecule has 0 aliphatic carbocycles. The van der Waals surface area contributed by atoms with Gasteiger partial charge in [0.05, 0.1) is 0 Å². The summed E-state index contributed by atoms with van der Waals surface area (Å²) in [4.78, 5) is 54.4. The molecule has 2 atom stereocenters. The number of benzene rings is 3. The smallest absolute Gasteiger partial charge is 0.247 e. The molecule has 4 rings (SSSR count). The van der Waals surface area contributed by atoms with E-state index in [1.807, 2.05) is 62.4 Å².